The normalized spacial score (nSPS) is 34.2. The van der Waals surface area contributed by atoms with E-state index in [0.29, 0.717) is 6.42 Å². The van der Waals surface area contributed by atoms with Crippen LogP contribution in [0.3, 0.4) is 0 Å². The largest absolute Gasteiger partial charge is 0.387 e. The number of hydrogen-bond acceptors (Lipinski definition) is 3. The molecule has 2 aliphatic rings. The molecule has 4 atom stereocenters. The molecule has 0 radical (unpaired) electrons. The molecule has 4 heteroatoms. The van der Waals surface area contributed by atoms with Crippen molar-refractivity contribution in [2.45, 2.75) is 44.5 Å². The van der Waals surface area contributed by atoms with Gasteiger partial charge in [0.2, 0.25) is 0 Å². The number of nitriles is 1. The second-order valence-corrected chi connectivity index (χ2v) is 5.61. The molecule has 1 aromatic carbocycles. The summed E-state index contributed by atoms with van der Waals surface area (Å²) in [5.74, 6) is -0.463. The minimum absolute atomic E-state index is 0.0344. The Morgan fingerprint density at radius 3 is 2.89 bits per heavy atom. The highest BCUT2D eigenvalue weighted by atomic mass is 19.1. The van der Waals surface area contributed by atoms with Crippen LogP contribution in [0.25, 0.3) is 0 Å². The lowest BCUT2D eigenvalue weighted by molar-refractivity contribution is 0.00170. The van der Waals surface area contributed by atoms with Gasteiger partial charge in [-0.05, 0) is 32.3 Å². The van der Waals surface area contributed by atoms with E-state index < -0.39 is 17.3 Å². The number of aryl methyl sites for hydroxylation is 1. The summed E-state index contributed by atoms with van der Waals surface area (Å²) >= 11 is 0. The van der Waals surface area contributed by atoms with Gasteiger partial charge in [0.1, 0.15) is 17.3 Å². The van der Waals surface area contributed by atoms with Crippen molar-refractivity contribution < 1.29 is 14.2 Å². The maximum absolute atomic E-state index is 13.9. The zero-order chi connectivity index (χ0) is 13.6. The number of aliphatic hydroxyl groups is 1. The number of benzene rings is 1. The van der Waals surface area contributed by atoms with E-state index in [9.17, 15) is 14.8 Å². The van der Waals surface area contributed by atoms with Crippen LogP contribution in [0, 0.1) is 29.5 Å². The molecule has 0 amide bonds. The third-order valence-corrected chi connectivity index (χ3v) is 4.39. The van der Waals surface area contributed by atoms with E-state index in [1.54, 1.807) is 12.1 Å². The minimum Gasteiger partial charge on any atom is -0.387 e. The molecule has 100 valence electrons. The topological polar surface area (TPSA) is 53.2 Å². The minimum atomic E-state index is -1.13. The molecule has 1 N–H and O–H groups in total. The predicted molar refractivity (Wildman–Crippen MR) is 66.7 cm³/mol. The summed E-state index contributed by atoms with van der Waals surface area (Å²) in [5.41, 5.74) is 0.0719. The summed E-state index contributed by atoms with van der Waals surface area (Å²) in [4.78, 5) is 0. The van der Waals surface area contributed by atoms with Gasteiger partial charge in [0.25, 0.3) is 0 Å². The first-order valence-corrected chi connectivity index (χ1v) is 6.57. The molecule has 0 aliphatic carbocycles. The lowest BCUT2D eigenvalue weighted by Gasteiger charge is -2.33. The molecular weight excluding hydrogens is 245 g/mol. The van der Waals surface area contributed by atoms with Crippen LogP contribution in [0.1, 0.15) is 36.5 Å². The van der Waals surface area contributed by atoms with E-state index >= 15 is 0 Å². The molecule has 2 fully saturated rings. The van der Waals surface area contributed by atoms with Crippen molar-refractivity contribution in [2.75, 3.05) is 0 Å². The molecule has 2 bridgehead atoms. The zero-order valence-corrected chi connectivity index (χ0v) is 10.8. The Kier molecular flexibility index (Phi) is 2.84. The third-order valence-electron chi connectivity index (χ3n) is 4.39. The predicted octanol–water partition coefficient (Wildman–Crippen LogP) is 2.63. The van der Waals surface area contributed by atoms with E-state index in [2.05, 4.69) is 6.07 Å². The first-order valence-electron chi connectivity index (χ1n) is 6.57. The van der Waals surface area contributed by atoms with Gasteiger partial charge in [0.15, 0.2) is 0 Å². The van der Waals surface area contributed by atoms with Crippen molar-refractivity contribution in [3.8, 4) is 6.07 Å². The Labute approximate surface area is 111 Å². The van der Waals surface area contributed by atoms with E-state index in [-0.39, 0.29) is 17.8 Å². The Bertz CT molecular complexity index is 554. The van der Waals surface area contributed by atoms with Crippen LogP contribution in [-0.4, -0.2) is 17.3 Å². The maximum Gasteiger partial charge on any atom is 0.129 e. The van der Waals surface area contributed by atoms with Crippen molar-refractivity contribution in [1.82, 2.24) is 0 Å². The monoisotopic (exact) mass is 261 g/mol. The number of aliphatic hydroxyl groups excluding tert-OH is 1. The van der Waals surface area contributed by atoms with Crippen molar-refractivity contribution in [2.24, 2.45) is 5.41 Å². The van der Waals surface area contributed by atoms with Crippen LogP contribution in [0.2, 0.25) is 0 Å². The first-order chi connectivity index (χ1) is 9.06. The summed E-state index contributed by atoms with van der Waals surface area (Å²) in [5, 5.41) is 20.1. The standard InChI is InChI=1S/C15H16FNO2/c1-9-2-4-12(16)11(6-9)14(18)15(8-17)7-10-3-5-13(15)19-10/h2,4,6,10,13-14,18H,3,5,7H2,1H3. The highest BCUT2D eigenvalue weighted by Crippen LogP contribution is 2.54. The molecule has 0 spiro atoms. The lowest BCUT2D eigenvalue weighted by Crippen LogP contribution is -2.37. The van der Waals surface area contributed by atoms with Crippen molar-refractivity contribution in [3.63, 3.8) is 0 Å². The van der Waals surface area contributed by atoms with Crippen LogP contribution in [0.4, 0.5) is 4.39 Å². The van der Waals surface area contributed by atoms with Crippen LogP contribution in [0.5, 0.6) is 0 Å². The van der Waals surface area contributed by atoms with Crippen LogP contribution < -0.4 is 0 Å². The van der Waals surface area contributed by atoms with Gasteiger partial charge < -0.3 is 9.84 Å². The molecule has 1 aromatic rings. The number of fused-ring (bicyclic) bond motifs is 2. The summed E-state index contributed by atoms with van der Waals surface area (Å²) in [7, 11) is 0. The van der Waals surface area contributed by atoms with E-state index in [1.165, 1.54) is 6.07 Å². The molecule has 3 nitrogen and oxygen atoms in total. The molecule has 4 unspecified atom stereocenters. The molecule has 2 saturated heterocycles. The summed E-state index contributed by atoms with van der Waals surface area (Å²) in [6.07, 6.45) is 0.806. The van der Waals surface area contributed by atoms with Crippen molar-refractivity contribution >= 4 is 0 Å². The van der Waals surface area contributed by atoms with Gasteiger partial charge in [0, 0.05) is 5.56 Å². The SMILES string of the molecule is Cc1ccc(F)c(C(O)C2(C#N)CC3CCC2O3)c1. The molecule has 0 saturated carbocycles. The zero-order valence-electron chi connectivity index (χ0n) is 10.8. The lowest BCUT2D eigenvalue weighted by atomic mass is 9.69. The quantitative estimate of drug-likeness (QED) is 0.890. The summed E-state index contributed by atoms with van der Waals surface area (Å²) < 4.78 is 19.6. The van der Waals surface area contributed by atoms with Crippen LogP contribution in [-0.2, 0) is 4.74 Å². The fraction of sp³-hybridized carbons (Fsp3) is 0.533. The summed E-state index contributed by atoms with van der Waals surface area (Å²) in [6.45, 7) is 1.84. The molecule has 0 aromatic heterocycles. The Hall–Kier alpha value is -1.44. The Morgan fingerprint density at radius 2 is 2.32 bits per heavy atom. The van der Waals surface area contributed by atoms with Gasteiger partial charge in [0.05, 0.1) is 18.3 Å². The molecule has 2 heterocycles. The van der Waals surface area contributed by atoms with Gasteiger partial charge >= 0.3 is 0 Å². The molecular formula is C15H16FNO2. The van der Waals surface area contributed by atoms with Gasteiger partial charge in [-0.1, -0.05) is 17.7 Å². The Morgan fingerprint density at radius 1 is 1.53 bits per heavy atom. The average Bonchev–Trinajstić information content (AvgIpc) is 3.01. The summed E-state index contributed by atoms with van der Waals surface area (Å²) in [6, 6.07) is 6.82. The van der Waals surface area contributed by atoms with Crippen molar-refractivity contribution in [3.05, 3.63) is 35.1 Å². The number of hydrogen-bond donors (Lipinski definition) is 1. The smallest absolute Gasteiger partial charge is 0.129 e. The van der Waals surface area contributed by atoms with Crippen molar-refractivity contribution in [1.29, 1.82) is 5.26 Å². The maximum atomic E-state index is 13.9. The second kappa shape index (κ2) is 4.29. The number of ether oxygens (including phenoxy) is 1. The second-order valence-electron chi connectivity index (χ2n) is 5.61. The fourth-order valence-electron chi connectivity index (χ4n) is 3.36. The molecule has 19 heavy (non-hydrogen) atoms. The number of nitrogens with zero attached hydrogens (tertiary/aromatic N) is 1. The van der Waals surface area contributed by atoms with Gasteiger partial charge in [-0.2, -0.15) is 5.26 Å². The van der Waals surface area contributed by atoms with Crippen LogP contribution >= 0.6 is 0 Å². The van der Waals surface area contributed by atoms with E-state index in [1.807, 2.05) is 6.92 Å². The number of rotatable bonds is 2. The number of halogens is 1. The Balaban J connectivity index is 2.01. The van der Waals surface area contributed by atoms with E-state index in [0.717, 1.165) is 18.4 Å². The first kappa shape index (κ1) is 12.6. The fourth-order valence-corrected chi connectivity index (χ4v) is 3.36. The van der Waals surface area contributed by atoms with E-state index in [4.69, 9.17) is 4.74 Å². The highest BCUT2D eigenvalue weighted by molar-refractivity contribution is 5.31. The van der Waals surface area contributed by atoms with Crippen LogP contribution in [0.15, 0.2) is 18.2 Å². The highest BCUT2D eigenvalue weighted by Gasteiger charge is 2.57. The molecule has 3 rings (SSSR count). The third kappa shape index (κ3) is 1.77. The van der Waals surface area contributed by atoms with Gasteiger partial charge in [-0.25, -0.2) is 4.39 Å². The van der Waals surface area contributed by atoms with Gasteiger partial charge in [-0.15, -0.1) is 0 Å². The van der Waals surface area contributed by atoms with Gasteiger partial charge in [-0.3, -0.25) is 0 Å². The average molecular weight is 261 g/mol. The molecule has 2 aliphatic heterocycles.